The number of rotatable bonds is 5. The van der Waals surface area contributed by atoms with Crippen LogP contribution in [0, 0.1) is 5.92 Å². The summed E-state index contributed by atoms with van der Waals surface area (Å²) in [7, 11) is 2.18. The van der Waals surface area contributed by atoms with Gasteiger partial charge in [-0.05, 0) is 77.3 Å². The molecule has 154 valence electrons. The Hall–Kier alpha value is -0.810. The van der Waals surface area contributed by atoms with Crippen molar-refractivity contribution in [2.75, 3.05) is 39.8 Å². The molecule has 0 aliphatic carbocycles. The molecule has 0 aromatic heterocycles. The van der Waals surface area contributed by atoms with E-state index in [1.54, 1.807) is 0 Å². The van der Waals surface area contributed by atoms with Crippen LogP contribution in [0.4, 0.5) is 0 Å². The Morgan fingerprint density at radius 3 is 2.48 bits per heavy atom. The van der Waals surface area contributed by atoms with Crippen molar-refractivity contribution in [2.45, 2.75) is 44.6 Å². The second-order valence-electron chi connectivity index (χ2n) is 7.68. The Labute approximate surface area is 176 Å². The summed E-state index contributed by atoms with van der Waals surface area (Å²) in [6, 6.07) is 11.0. The first kappa shape index (κ1) is 24.2. The maximum Gasteiger partial charge on any atom is 0.225 e. The van der Waals surface area contributed by atoms with Crippen LogP contribution in [0.25, 0.3) is 0 Å². The number of halogens is 2. The molecule has 0 bridgehead atoms. The quantitative estimate of drug-likeness (QED) is 0.800. The van der Waals surface area contributed by atoms with Gasteiger partial charge in [-0.3, -0.25) is 4.79 Å². The molecule has 2 fully saturated rings. The summed E-state index contributed by atoms with van der Waals surface area (Å²) in [5.74, 6) is 0.625. The molecule has 1 aromatic rings. The highest BCUT2D eigenvalue weighted by Crippen LogP contribution is 2.23. The van der Waals surface area contributed by atoms with Gasteiger partial charge in [-0.25, -0.2) is 0 Å². The Bertz CT molecular complexity index is 527. The number of amides is 1. The van der Waals surface area contributed by atoms with Crippen molar-refractivity contribution in [3.8, 4) is 0 Å². The number of benzene rings is 1. The molecule has 1 amide bonds. The summed E-state index contributed by atoms with van der Waals surface area (Å²) < 4.78 is 0. The van der Waals surface area contributed by atoms with E-state index in [2.05, 4.69) is 52.5 Å². The van der Waals surface area contributed by atoms with E-state index >= 15 is 0 Å². The first-order valence-electron chi connectivity index (χ1n) is 9.97. The number of carbonyl (C=O) groups is 1. The van der Waals surface area contributed by atoms with Crippen molar-refractivity contribution in [1.29, 1.82) is 0 Å². The minimum absolute atomic E-state index is 0. The van der Waals surface area contributed by atoms with E-state index < -0.39 is 0 Å². The van der Waals surface area contributed by atoms with E-state index in [0.717, 1.165) is 71.2 Å². The van der Waals surface area contributed by atoms with Crippen LogP contribution in [0.2, 0.25) is 0 Å². The molecule has 2 heterocycles. The lowest BCUT2D eigenvalue weighted by atomic mass is 9.95. The van der Waals surface area contributed by atoms with Crippen molar-refractivity contribution in [2.24, 2.45) is 5.92 Å². The maximum atomic E-state index is 13.3. The fraction of sp³-hybridized carbons (Fsp3) is 0.667. The Balaban J connectivity index is 0.00000182. The van der Waals surface area contributed by atoms with Crippen molar-refractivity contribution >= 4 is 30.7 Å². The average Bonchev–Trinajstić information content (AvgIpc) is 2.93. The summed E-state index contributed by atoms with van der Waals surface area (Å²) in [5.41, 5.74) is 1.33. The number of nitrogens with one attached hydrogen (secondary N) is 1. The van der Waals surface area contributed by atoms with Crippen molar-refractivity contribution in [1.82, 2.24) is 15.1 Å². The first-order chi connectivity index (χ1) is 12.2. The third-order valence-corrected chi connectivity index (χ3v) is 5.82. The van der Waals surface area contributed by atoms with Crippen molar-refractivity contribution < 1.29 is 4.79 Å². The molecule has 0 radical (unpaired) electrons. The second kappa shape index (κ2) is 12.6. The zero-order valence-electron chi connectivity index (χ0n) is 16.4. The van der Waals surface area contributed by atoms with Crippen LogP contribution in [0.5, 0.6) is 0 Å². The number of hydrogen-bond donors (Lipinski definition) is 1. The molecule has 1 atom stereocenters. The van der Waals surface area contributed by atoms with Crippen LogP contribution < -0.4 is 5.32 Å². The van der Waals surface area contributed by atoms with E-state index in [0.29, 0.717) is 11.9 Å². The fourth-order valence-electron chi connectivity index (χ4n) is 4.17. The molecular formula is C21H35Cl2N3O. The minimum atomic E-state index is 0. The SMILES string of the molecule is CN1CCC(N(CCc2ccccc2)C(=O)C2CCCNCC2)CC1.Cl.Cl. The molecule has 1 aromatic carbocycles. The van der Waals surface area contributed by atoms with Crippen LogP contribution >= 0.6 is 24.8 Å². The number of hydrogen-bond acceptors (Lipinski definition) is 3. The summed E-state index contributed by atoms with van der Waals surface area (Å²) in [6.07, 6.45) is 6.35. The van der Waals surface area contributed by atoms with Gasteiger partial charge >= 0.3 is 0 Å². The fourth-order valence-corrected chi connectivity index (χ4v) is 4.17. The predicted molar refractivity (Wildman–Crippen MR) is 117 cm³/mol. The van der Waals surface area contributed by atoms with Gasteiger partial charge in [-0.1, -0.05) is 30.3 Å². The normalized spacial score (nSPS) is 21.4. The van der Waals surface area contributed by atoms with Gasteiger partial charge in [0, 0.05) is 18.5 Å². The van der Waals surface area contributed by atoms with Crippen LogP contribution in [0.1, 0.15) is 37.7 Å². The van der Waals surface area contributed by atoms with E-state index in [-0.39, 0.29) is 30.7 Å². The van der Waals surface area contributed by atoms with Gasteiger partial charge in [0.1, 0.15) is 0 Å². The Kier molecular flexibility index (Phi) is 11.3. The topological polar surface area (TPSA) is 35.6 Å². The number of piperidine rings is 1. The maximum absolute atomic E-state index is 13.3. The minimum Gasteiger partial charge on any atom is -0.339 e. The molecular weight excluding hydrogens is 381 g/mol. The van der Waals surface area contributed by atoms with Gasteiger partial charge in [-0.2, -0.15) is 0 Å². The van der Waals surface area contributed by atoms with Crippen molar-refractivity contribution in [3.05, 3.63) is 35.9 Å². The van der Waals surface area contributed by atoms with Gasteiger partial charge in [0.2, 0.25) is 5.91 Å². The van der Waals surface area contributed by atoms with E-state index in [1.165, 1.54) is 5.56 Å². The first-order valence-corrected chi connectivity index (χ1v) is 9.97. The van der Waals surface area contributed by atoms with Gasteiger partial charge in [0.05, 0.1) is 0 Å². The molecule has 3 rings (SSSR count). The lowest BCUT2D eigenvalue weighted by Crippen LogP contribution is -2.49. The third kappa shape index (κ3) is 7.26. The molecule has 1 N–H and O–H groups in total. The lowest BCUT2D eigenvalue weighted by molar-refractivity contribution is -0.139. The molecule has 1 unspecified atom stereocenters. The Morgan fingerprint density at radius 2 is 1.78 bits per heavy atom. The molecule has 2 aliphatic rings. The van der Waals surface area contributed by atoms with Gasteiger partial charge in [-0.15, -0.1) is 24.8 Å². The lowest BCUT2D eigenvalue weighted by Gasteiger charge is -2.39. The molecule has 0 spiro atoms. The smallest absolute Gasteiger partial charge is 0.225 e. The van der Waals surface area contributed by atoms with Crippen LogP contribution in [-0.4, -0.2) is 61.5 Å². The second-order valence-corrected chi connectivity index (χ2v) is 7.68. The number of carbonyl (C=O) groups excluding carboxylic acids is 1. The summed E-state index contributed by atoms with van der Waals surface area (Å²) in [4.78, 5) is 18.0. The van der Waals surface area contributed by atoms with Crippen LogP contribution in [0.3, 0.4) is 0 Å². The summed E-state index contributed by atoms with van der Waals surface area (Å²) >= 11 is 0. The monoisotopic (exact) mass is 415 g/mol. The van der Waals surface area contributed by atoms with E-state index in [9.17, 15) is 4.79 Å². The van der Waals surface area contributed by atoms with Gasteiger partial charge in [0.15, 0.2) is 0 Å². The van der Waals surface area contributed by atoms with E-state index in [4.69, 9.17) is 0 Å². The van der Waals surface area contributed by atoms with Gasteiger partial charge < -0.3 is 15.1 Å². The molecule has 2 aliphatic heterocycles. The summed E-state index contributed by atoms with van der Waals surface area (Å²) in [5, 5.41) is 3.44. The largest absolute Gasteiger partial charge is 0.339 e. The van der Waals surface area contributed by atoms with Crippen LogP contribution in [0.15, 0.2) is 30.3 Å². The van der Waals surface area contributed by atoms with Crippen LogP contribution in [-0.2, 0) is 11.2 Å². The highest BCUT2D eigenvalue weighted by Gasteiger charge is 2.31. The third-order valence-electron chi connectivity index (χ3n) is 5.82. The predicted octanol–water partition coefficient (Wildman–Crippen LogP) is 3.39. The highest BCUT2D eigenvalue weighted by atomic mass is 35.5. The summed E-state index contributed by atoms with van der Waals surface area (Å²) in [6.45, 7) is 5.11. The number of nitrogens with zero attached hydrogens (tertiary/aromatic N) is 2. The molecule has 4 nitrogen and oxygen atoms in total. The Morgan fingerprint density at radius 1 is 1.07 bits per heavy atom. The molecule has 6 heteroatoms. The number of likely N-dealkylation sites (tertiary alicyclic amines) is 1. The van der Waals surface area contributed by atoms with Crippen molar-refractivity contribution in [3.63, 3.8) is 0 Å². The average molecular weight is 416 g/mol. The molecule has 0 saturated carbocycles. The van der Waals surface area contributed by atoms with E-state index in [1.807, 2.05) is 0 Å². The highest BCUT2D eigenvalue weighted by molar-refractivity contribution is 5.85. The molecule has 27 heavy (non-hydrogen) atoms. The zero-order chi connectivity index (χ0) is 17.5. The van der Waals surface area contributed by atoms with Gasteiger partial charge in [0.25, 0.3) is 0 Å². The zero-order valence-corrected chi connectivity index (χ0v) is 18.1. The molecule has 2 saturated heterocycles. The standard InChI is InChI=1S/C21H33N3O.2ClH/c1-23-15-11-20(12-16-23)24(17-10-18-6-3-2-4-7-18)21(25)19-8-5-13-22-14-9-19;;/h2-4,6-7,19-20,22H,5,8-17H2,1H3;2*1H.